The van der Waals surface area contributed by atoms with Crippen molar-refractivity contribution in [1.82, 2.24) is 0 Å². The van der Waals surface area contributed by atoms with E-state index in [4.69, 9.17) is 14.2 Å². The van der Waals surface area contributed by atoms with E-state index in [-0.39, 0.29) is 0 Å². The fraction of sp³-hybridized carbons (Fsp3) is 0.200. The van der Waals surface area contributed by atoms with E-state index in [1.165, 1.54) is 0 Å². The third kappa shape index (κ3) is 4.37. The van der Waals surface area contributed by atoms with E-state index in [9.17, 15) is 0 Å². The molecule has 0 aliphatic rings. The van der Waals surface area contributed by atoms with Crippen molar-refractivity contribution in [3.63, 3.8) is 0 Å². The molecule has 0 aliphatic heterocycles. The molecule has 0 spiro atoms. The lowest BCUT2D eigenvalue weighted by Gasteiger charge is -2.12. The van der Waals surface area contributed by atoms with Crippen LogP contribution in [0.25, 0.3) is 0 Å². The van der Waals surface area contributed by atoms with Gasteiger partial charge >= 0.3 is 0 Å². The molecule has 0 N–H and O–H groups in total. The fourth-order valence-corrected chi connectivity index (χ4v) is 1.19. The van der Waals surface area contributed by atoms with Gasteiger partial charge in [0.1, 0.15) is 25.6 Å². The molecular weight excluding hydrogens is 228 g/mol. The summed E-state index contributed by atoms with van der Waals surface area (Å²) in [4.78, 5) is 0. The summed E-state index contributed by atoms with van der Waals surface area (Å²) in [6.45, 7) is 12.0. The number of hydrogen-bond acceptors (Lipinski definition) is 3. The summed E-state index contributed by atoms with van der Waals surface area (Å²) in [5.74, 6) is 1.75. The molecule has 0 aliphatic carbocycles. The second-order valence-electron chi connectivity index (χ2n) is 3.33. The summed E-state index contributed by atoms with van der Waals surface area (Å²) in [6, 6.07) is 6.42. The van der Waals surface area contributed by atoms with Crippen LogP contribution in [-0.4, -0.2) is 19.8 Å². The molecule has 3 nitrogen and oxygen atoms in total. The Morgan fingerprint density at radius 3 is 2.22 bits per heavy atom. The minimum absolute atomic E-state index is 0.392. The number of hydrogen-bond donors (Lipinski definition) is 0. The number of rotatable bonds is 9. The first-order valence-corrected chi connectivity index (χ1v) is 5.58. The largest absolute Gasteiger partial charge is 0.489 e. The lowest BCUT2D eigenvalue weighted by Crippen LogP contribution is -2.01. The zero-order chi connectivity index (χ0) is 13.2. The molecule has 1 aromatic carbocycles. The van der Waals surface area contributed by atoms with E-state index in [1.807, 2.05) is 0 Å². The molecule has 0 aromatic heterocycles. The van der Waals surface area contributed by atoms with Crippen LogP contribution in [-0.2, 0) is 0 Å². The first-order valence-electron chi connectivity index (χ1n) is 5.58. The van der Waals surface area contributed by atoms with Crippen LogP contribution in [0.15, 0.2) is 50.1 Å². The van der Waals surface area contributed by atoms with Gasteiger partial charge in [0.05, 0.1) is 0 Å². The van der Waals surface area contributed by atoms with Gasteiger partial charge in [-0.15, -0.1) is 0 Å². The Bertz CT molecular complexity index is 410. The minimum Gasteiger partial charge on any atom is -0.489 e. The van der Waals surface area contributed by atoms with Crippen molar-refractivity contribution in [2.75, 3.05) is 19.8 Å². The molecule has 0 bridgehead atoms. The van der Waals surface area contributed by atoms with Gasteiger partial charge < -0.3 is 14.2 Å². The van der Waals surface area contributed by atoms with Gasteiger partial charge in [0, 0.05) is 12.1 Å². The van der Waals surface area contributed by atoms with Gasteiger partial charge in [-0.1, -0.05) is 38.0 Å². The summed E-state index contributed by atoms with van der Waals surface area (Å²) >= 11 is 0. The third-order valence-corrected chi connectivity index (χ3v) is 1.91. The molecule has 95 valence electrons. The van der Waals surface area contributed by atoms with E-state index >= 15 is 0 Å². The Labute approximate surface area is 108 Å². The van der Waals surface area contributed by atoms with Crippen LogP contribution in [0, 0.1) is 6.07 Å². The second-order valence-corrected chi connectivity index (χ2v) is 3.33. The highest BCUT2D eigenvalue weighted by molar-refractivity contribution is 5.45. The van der Waals surface area contributed by atoms with Crippen molar-refractivity contribution in [1.29, 1.82) is 0 Å². The van der Waals surface area contributed by atoms with Gasteiger partial charge in [-0.05, 0) is 6.07 Å². The molecule has 0 unspecified atom stereocenters. The quantitative estimate of drug-likeness (QED) is 0.625. The highest BCUT2D eigenvalue weighted by atomic mass is 16.5. The van der Waals surface area contributed by atoms with Gasteiger partial charge in [0.15, 0.2) is 11.5 Å². The van der Waals surface area contributed by atoms with Crippen LogP contribution in [0.2, 0.25) is 0 Å². The van der Waals surface area contributed by atoms with E-state index in [0.717, 1.165) is 0 Å². The Kier molecular flexibility index (Phi) is 6.19. The van der Waals surface area contributed by atoms with Crippen molar-refractivity contribution < 1.29 is 14.2 Å². The first kappa shape index (κ1) is 13.9. The van der Waals surface area contributed by atoms with Crippen molar-refractivity contribution in [3.8, 4) is 17.2 Å². The van der Waals surface area contributed by atoms with Crippen molar-refractivity contribution in [3.05, 3.63) is 56.2 Å². The lowest BCUT2D eigenvalue weighted by molar-refractivity contribution is 0.302. The maximum atomic E-state index is 5.49. The summed E-state index contributed by atoms with van der Waals surface area (Å²) in [6.07, 6.45) is 4.99. The van der Waals surface area contributed by atoms with E-state index in [1.54, 1.807) is 30.4 Å². The standard InChI is InChI=1S/C15H17O3/c1-4-9-16-13-7-8-14(17-10-5-2)15(12-13)18-11-6-3/h4-7,12H,1-3,9-11H2. The average Bonchev–Trinajstić information content (AvgIpc) is 2.41. The van der Waals surface area contributed by atoms with Gasteiger partial charge in [-0.3, -0.25) is 0 Å². The van der Waals surface area contributed by atoms with Gasteiger partial charge in [0.25, 0.3) is 0 Å². The van der Waals surface area contributed by atoms with Gasteiger partial charge in [0.2, 0.25) is 0 Å². The first-order chi connectivity index (χ1) is 8.81. The monoisotopic (exact) mass is 245 g/mol. The molecular formula is C15H17O3. The molecule has 1 radical (unpaired) electrons. The predicted octanol–water partition coefficient (Wildman–Crippen LogP) is 3.18. The molecule has 1 rings (SSSR count). The molecule has 0 amide bonds. The smallest absolute Gasteiger partial charge is 0.169 e. The summed E-state index contributed by atoms with van der Waals surface area (Å²) < 4.78 is 16.3. The summed E-state index contributed by atoms with van der Waals surface area (Å²) in [5.41, 5.74) is 0. The third-order valence-electron chi connectivity index (χ3n) is 1.91. The van der Waals surface area contributed by atoms with Gasteiger partial charge in [-0.2, -0.15) is 0 Å². The van der Waals surface area contributed by atoms with Crippen molar-refractivity contribution in [2.45, 2.75) is 0 Å². The molecule has 0 heterocycles. The van der Waals surface area contributed by atoms with Crippen LogP contribution >= 0.6 is 0 Å². The fourth-order valence-electron chi connectivity index (χ4n) is 1.19. The van der Waals surface area contributed by atoms with Crippen LogP contribution in [0.4, 0.5) is 0 Å². The maximum absolute atomic E-state index is 5.49. The summed E-state index contributed by atoms with van der Waals surface area (Å²) in [5, 5.41) is 0. The van der Waals surface area contributed by atoms with Crippen LogP contribution < -0.4 is 14.2 Å². The Hall–Kier alpha value is -2.16. The Morgan fingerprint density at radius 1 is 0.944 bits per heavy atom. The zero-order valence-corrected chi connectivity index (χ0v) is 10.4. The molecule has 3 heteroatoms. The predicted molar refractivity (Wildman–Crippen MR) is 72.4 cm³/mol. The van der Waals surface area contributed by atoms with Crippen molar-refractivity contribution >= 4 is 0 Å². The van der Waals surface area contributed by atoms with Gasteiger partial charge in [-0.25, -0.2) is 0 Å². The highest BCUT2D eigenvalue weighted by Gasteiger charge is 2.07. The molecule has 18 heavy (non-hydrogen) atoms. The van der Waals surface area contributed by atoms with E-state index in [2.05, 4.69) is 25.8 Å². The van der Waals surface area contributed by atoms with Crippen LogP contribution in [0.5, 0.6) is 17.2 Å². The van der Waals surface area contributed by atoms with E-state index in [0.29, 0.717) is 37.1 Å². The van der Waals surface area contributed by atoms with Crippen LogP contribution in [0.3, 0.4) is 0 Å². The Morgan fingerprint density at radius 2 is 1.56 bits per heavy atom. The average molecular weight is 245 g/mol. The highest BCUT2D eigenvalue weighted by Crippen LogP contribution is 2.31. The zero-order valence-electron chi connectivity index (χ0n) is 10.4. The number of ether oxygens (including phenoxy) is 3. The van der Waals surface area contributed by atoms with Crippen molar-refractivity contribution in [2.24, 2.45) is 0 Å². The molecule has 0 saturated heterocycles. The Balaban J connectivity index is 2.83. The minimum atomic E-state index is 0.392. The van der Waals surface area contributed by atoms with E-state index < -0.39 is 0 Å². The lowest BCUT2D eigenvalue weighted by atomic mass is 10.3. The molecule has 1 aromatic rings. The van der Waals surface area contributed by atoms with Crippen LogP contribution in [0.1, 0.15) is 0 Å². The molecule has 0 saturated carbocycles. The SMILES string of the molecule is C=CCOc1c[c]c(OCC=C)c(OCC=C)c1. The number of benzene rings is 1. The molecule has 0 atom stereocenters. The normalized spacial score (nSPS) is 9.33. The second kappa shape index (κ2) is 8.01. The maximum Gasteiger partial charge on any atom is 0.169 e. The molecule has 0 fully saturated rings. The topological polar surface area (TPSA) is 27.7 Å². The summed E-state index contributed by atoms with van der Waals surface area (Å²) in [7, 11) is 0.